The van der Waals surface area contributed by atoms with Crippen LogP contribution in [0, 0.1) is 11.6 Å². The normalized spacial score (nSPS) is 11.2. The monoisotopic (exact) mass is 444 g/mol. The molecule has 0 atom stereocenters. The minimum Gasteiger partial charge on any atom is -0.459 e. The second kappa shape index (κ2) is 10.6. The number of ether oxygens (including phenoxy) is 2. The molecule has 3 nitrogen and oxygen atoms in total. The van der Waals surface area contributed by atoms with Crippen molar-refractivity contribution in [3.8, 4) is 22.6 Å². The molecule has 0 spiro atoms. The number of carbonyl (C=O) groups is 1. The molecule has 166 valence electrons. The molecular formula is C25H20F4O3. The first kappa shape index (κ1) is 23.1. The maximum atomic E-state index is 14.0. The van der Waals surface area contributed by atoms with Gasteiger partial charge in [0.15, 0.2) is 17.4 Å². The number of halogens is 4. The lowest BCUT2D eigenvalue weighted by Crippen LogP contribution is -2.09. The van der Waals surface area contributed by atoms with Crippen LogP contribution in [0.3, 0.4) is 0 Å². The number of rotatable bonds is 8. The molecular weight excluding hydrogens is 424 g/mol. The highest BCUT2D eigenvalue weighted by Gasteiger charge is 2.16. The van der Waals surface area contributed by atoms with Crippen LogP contribution < -0.4 is 9.47 Å². The van der Waals surface area contributed by atoms with E-state index in [1.165, 1.54) is 5.56 Å². The zero-order valence-electron chi connectivity index (χ0n) is 17.2. The van der Waals surface area contributed by atoms with E-state index in [1.54, 1.807) is 24.3 Å². The molecule has 0 saturated heterocycles. The summed E-state index contributed by atoms with van der Waals surface area (Å²) in [5.74, 6) is -4.47. The maximum absolute atomic E-state index is 14.0. The third-order valence-electron chi connectivity index (χ3n) is 4.54. The van der Waals surface area contributed by atoms with Gasteiger partial charge in [-0.2, -0.15) is 0 Å². The molecule has 0 radical (unpaired) electrons. The first-order chi connectivity index (χ1) is 15.4. The summed E-state index contributed by atoms with van der Waals surface area (Å²) in [5.41, 5.74) is 3.33. The molecule has 0 aliphatic rings. The van der Waals surface area contributed by atoms with Gasteiger partial charge in [-0.15, -0.1) is 0 Å². The number of hydrogen-bond donors (Lipinski definition) is 0. The van der Waals surface area contributed by atoms with Crippen molar-refractivity contribution < 1.29 is 31.8 Å². The predicted octanol–water partition coefficient (Wildman–Crippen LogP) is 6.96. The summed E-state index contributed by atoms with van der Waals surface area (Å²) >= 11 is 0. The Morgan fingerprint density at radius 3 is 2.03 bits per heavy atom. The first-order valence-electron chi connectivity index (χ1n) is 9.89. The van der Waals surface area contributed by atoms with Crippen LogP contribution in [-0.4, -0.2) is 12.4 Å². The molecule has 0 unspecified atom stereocenters. The van der Waals surface area contributed by atoms with Crippen LogP contribution >= 0.6 is 0 Å². The zero-order valence-corrected chi connectivity index (χ0v) is 17.2. The van der Waals surface area contributed by atoms with Crippen molar-refractivity contribution in [1.82, 2.24) is 0 Å². The molecule has 0 fully saturated rings. The van der Waals surface area contributed by atoms with E-state index in [2.05, 4.69) is 23.8 Å². The quantitative estimate of drug-likeness (QED) is 0.163. The van der Waals surface area contributed by atoms with Crippen molar-refractivity contribution in [2.45, 2.75) is 26.2 Å². The molecule has 0 aliphatic carbocycles. The Hall–Kier alpha value is -3.61. The molecule has 0 aliphatic heterocycles. The summed E-state index contributed by atoms with van der Waals surface area (Å²) in [6.07, 6.45) is 0.0572. The summed E-state index contributed by atoms with van der Waals surface area (Å²) in [7, 11) is 0. The summed E-state index contributed by atoms with van der Waals surface area (Å²) in [4.78, 5) is 12.3. The van der Waals surface area contributed by atoms with Gasteiger partial charge in [-0.3, -0.25) is 0 Å². The van der Waals surface area contributed by atoms with Crippen molar-refractivity contribution in [1.29, 1.82) is 0 Å². The van der Waals surface area contributed by atoms with Gasteiger partial charge in [0.2, 0.25) is 0 Å². The smallest absolute Gasteiger partial charge is 0.343 e. The molecule has 3 aromatic rings. The largest absolute Gasteiger partial charge is 0.459 e. The fourth-order valence-electron chi connectivity index (χ4n) is 2.99. The van der Waals surface area contributed by atoms with Gasteiger partial charge in [-0.25, -0.2) is 22.4 Å². The molecule has 7 heteroatoms. The molecule has 0 amide bonds. The van der Waals surface area contributed by atoms with Crippen molar-refractivity contribution in [3.05, 3.63) is 95.8 Å². The molecule has 0 bridgehead atoms. The third kappa shape index (κ3) is 5.97. The number of alkyl halides is 2. The van der Waals surface area contributed by atoms with Crippen molar-refractivity contribution in [2.75, 3.05) is 0 Å². The van der Waals surface area contributed by atoms with Gasteiger partial charge in [-0.05, 0) is 35.2 Å². The van der Waals surface area contributed by atoms with E-state index in [9.17, 15) is 22.4 Å². The van der Waals surface area contributed by atoms with Crippen LogP contribution in [0.25, 0.3) is 11.1 Å². The molecule has 3 aromatic carbocycles. The van der Waals surface area contributed by atoms with Crippen LogP contribution in [0.15, 0.2) is 73.0 Å². The van der Waals surface area contributed by atoms with E-state index in [-0.39, 0.29) is 11.3 Å². The average molecular weight is 444 g/mol. The van der Waals surface area contributed by atoms with E-state index in [4.69, 9.17) is 4.74 Å². The summed E-state index contributed by atoms with van der Waals surface area (Å²) in [6, 6.07) is 16.2. The minimum atomic E-state index is -2.83. The fourth-order valence-corrected chi connectivity index (χ4v) is 2.99. The van der Waals surface area contributed by atoms with Gasteiger partial charge in [-0.1, -0.05) is 49.7 Å². The molecule has 3 rings (SSSR count). The second-order valence-electron chi connectivity index (χ2n) is 6.91. The summed E-state index contributed by atoms with van der Waals surface area (Å²) in [6.45, 7) is 2.12. The lowest BCUT2D eigenvalue weighted by molar-refractivity contribution is 0.0733. The highest BCUT2D eigenvalue weighted by molar-refractivity contribution is 5.91. The van der Waals surface area contributed by atoms with Crippen molar-refractivity contribution in [2.24, 2.45) is 0 Å². The Kier molecular flexibility index (Phi) is 7.65. The van der Waals surface area contributed by atoms with E-state index in [0.29, 0.717) is 12.3 Å². The average Bonchev–Trinajstić information content (AvgIpc) is 2.76. The number of allylic oxidation sites excluding steroid dienone is 1. The summed E-state index contributed by atoms with van der Waals surface area (Å²) < 4.78 is 61.8. The van der Waals surface area contributed by atoms with Crippen molar-refractivity contribution in [3.63, 3.8) is 0 Å². The van der Waals surface area contributed by atoms with Gasteiger partial charge >= 0.3 is 5.97 Å². The van der Waals surface area contributed by atoms with E-state index in [1.807, 2.05) is 12.1 Å². The Bertz CT molecular complexity index is 1070. The lowest BCUT2D eigenvalue weighted by atomic mass is 10.0. The first-order valence-corrected chi connectivity index (χ1v) is 9.89. The number of hydrogen-bond acceptors (Lipinski definition) is 3. The number of aryl methyl sites for hydroxylation is 1. The van der Waals surface area contributed by atoms with Gasteiger partial charge in [0.05, 0.1) is 11.8 Å². The predicted molar refractivity (Wildman–Crippen MR) is 113 cm³/mol. The third-order valence-corrected chi connectivity index (χ3v) is 4.54. The zero-order chi connectivity index (χ0) is 23.1. The number of carbonyl (C=O) groups excluding carboxylic acids is 1. The van der Waals surface area contributed by atoms with Gasteiger partial charge < -0.3 is 9.47 Å². The van der Waals surface area contributed by atoms with Crippen LogP contribution in [0.1, 0.15) is 29.3 Å². The molecule has 0 heterocycles. The topological polar surface area (TPSA) is 35.5 Å². The van der Waals surface area contributed by atoms with Gasteiger partial charge in [0.1, 0.15) is 5.75 Å². The van der Waals surface area contributed by atoms with E-state index < -0.39 is 29.8 Å². The number of benzene rings is 3. The Balaban J connectivity index is 1.69. The van der Waals surface area contributed by atoms with Crippen LogP contribution in [0.2, 0.25) is 0 Å². The second-order valence-corrected chi connectivity index (χ2v) is 6.91. The molecule has 32 heavy (non-hydrogen) atoms. The minimum absolute atomic E-state index is 0.192. The van der Waals surface area contributed by atoms with E-state index >= 15 is 0 Å². The standard InChI is InChI=1S/C25H20F4O3/c1-2-3-16-4-6-17(7-5-16)18-8-10-19(11-9-18)25(30)32-20-14-21(26)24(22(27)15-20)31-13-12-23(28)29/h4-15,23H,2-3H2,1H3/b13-12+. The van der Waals surface area contributed by atoms with Crippen LogP contribution in [-0.2, 0) is 6.42 Å². The SMILES string of the molecule is CCCc1ccc(-c2ccc(C(=O)Oc3cc(F)c(O/C=C/C(F)F)c(F)c3)cc2)cc1. The Morgan fingerprint density at radius 2 is 1.50 bits per heavy atom. The Morgan fingerprint density at radius 1 is 0.938 bits per heavy atom. The fraction of sp³-hybridized carbons (Fsp3) is 0.160. The molecule has 0 saturated carbocycles. The Labute approximate surface area is 182 Å². The van der Waals surface area contributed by atoms with Crippen LogP contribution in [0.4, 0.5) is 17.6 Å². The highest BCUT2D eigenvalue weighted by Crippen LogP contribution is 2.28. The van der Waals surface area contributed by atoms with Gasteiger partial charge in [0.25, 0.3) is 6.43 Å². The highest BCUT2D eigenvalue weighted by atomic mass is 19.3. The van der Waals surface area contributed by atoms with E-state index in [0.717, 1.165) is 36.1 Å². The molecule has 0 aromatic heterocycles. The van der Waals surface area contributed by atoms with Crippen LogP contribution in [0.5, 0.6) is 11.5 Å². The lowest BCUT2D eigenvalue weighted by Gasteiger charge is -2.09. The maximum Gasteiger partial charge on any atom is 0.343 e. The number of esters is 1. The van der Waals surface area contributed by atoms with Crippen molar-refractivity contribution >= 4 is 5.97 Å². The summed E-state index contributed by atoms with van der Waals surface area (Å²) in [5, 5.41) is 0. The molecule has 0 N–H and O–H groups in total. The van der Waals surface area contributed by atoms with Gasteiger partial charge in [0, 0.05) is 18.2 Å².